The molecule has 0 N–H and O–H groups in total. The molecule has 0 saturated heterocycles. The molecule has 1 aliphatic rings. The van der Waals surface area contributed by atoms with Gasteiger partial charge in [0.1, 0.15) is 11.9 Å². The summed E-state index contributed by atoms with van der Waals surface area (Å²) in [7, 11) is 1.68. The molecular weight excluding hydrogens is 432 g/mol. The van der Waals surface area contributed by atoms with E-state index in [0.29, 0.717) is 5.56 Å². The second-order valence-corrected chi connectivity index (χ2v) is 9.06. The zero-order valence-corrected chi connectivity index (χ0v) is 19.7. The first kappa shape index (κ1) is 21.4. The largest absolute Gasteiger partial charge is 0.496 e. The monoisotopic (exact) mass is 458 g/mol. The molecule has 0 unspecified atom stereocenters. The highest BCUT2D eigenvalue weighted by Crippen LogP contribution is 2.43. The summed E-state index contributed by atoms with van der Waals surface area (Å²) in [5, 5.41) is 4.20. The topological polar surface area (TPSA) is 35.5 Å². The predicted molar refractivity (Wildman–Crippen MR) is 141 cm³/mol. The molecule has 5 aromatic carbocycles. The molecule has 0 aromatic heterocycles. The number of aryl methyl sites for hydroxylation is 1. The number of hydrogen-bond donors (Lipinski definition) is 0. The fourth-order valence-corrected chi connectivity index (χ4v) is 5.41. The Morgan fingerprint density at radius 1 is 0.743 bits per heavy atom. The van der Waals surface area contributed by atoms with E-state index in [2.05, 4.69) is 48.5 Å². The Morgan fingerprint density at radius 3 is 2.17 bits per heavy atom. The lowest BCUT2D eigenvalue weighted by molar-refractivity contribution is 0.0257. The molecule has 0 radical (unpaired) electrons. The fourth-order valence-electron chi connectivity index (χ4n) is 5.41. The highest BCUT2D eigenvalue weighted by Gasteiger charge is 2.27. The van der Waals surface area contributed by atoms with E-state index >= 15 is 0 Å². The molecule has 0 spiro atoms. The lowest BCUT2D eigenvalue weighted by Crippen LogP contribution is -2.17. The molecule has 3 heteroatoms. The Kier molecular flexibility index (Phi) is 5.46. The standard InChI is InChI=1S/C32H26O3/c1-34-29-20-18-23-11-4-7-15-26(23)31(29)30-25-14-6-3-10-22(25)17-19-27(30)32(33)35-28-16-8-12-21-9-2-5-13-24(21)28/h2-7,9-11,13-15,17-20,28H,8,12,16H2,1H3/t28-/m0/s1. The van der Waals surface area contributed by atoms with Crippen LogP contribution in [0.5, 0.6) is 5.75 Å². The Morgan fingerprint density at radius 2 is 1.40 bits per heavy atom. The average molecular weight is 459 g/mol. The van der Waals surface area contributed by atoms with Crippen LogP contribution in [-0.4, -0.2) is 13.1 Å². The third-order valence-electron chi connectivity index (χ3n) is 7.07. The van der Waals surface area contributed by atoms with Gasteiger partial charge < -0.3 is 9.47 Å². The first-order valence-corrected chi connectivity index (χ1v) is 12.1. The first-order chi connectivity index (χ1) is 17.2. The summed E-state index contributed by atoms with van der Waals surface area (Å²) in [6.45, 7) is 0. The third-order valence-corrected chi connectivity index (χ3v) is 7.07. The minimum atomic E-state index is -0.303. The van der Waals surface area contributed by atoms with Crippen molar-refractivity contribution < 1.29 is 14.3 Å². The van der Waals surface area contributed by atoms with Gasteiger partial charge in [-0.3, -0.25) is 0 Å². The molecule has 5 aromatic rings. The maximum atomic E-state index is 13.8. The van der Waals surface area contributed by atoms with E-state index in [4.69, 9.17) is 9.47 Å². The Labute approximate surface area is 204 Å². The molecule has 1 atom stereocenters. The van der Waals surface area contributed by atoms with Crippen LogP contribution in [0.15, 0.2) is 97.1 Å². The fraction of sp³-hybridized carbons (Fsp3) is 0.156. The van der Waals surface area contributed by atoms with Crippen LogP contribution in [0.2, 0.25) is 0 Å². The molecule has 0 aliphatic heterocycles. The van der Waals surface area contributed by atoms with Gasteiger partial charge in [0.25, 0.3) is 0 Å². The molecule has 0 bridgehead atoms. The molecule has 172 valence electrons. The summed E-state index contributed by atoms with van der Waals surface area (Å²) in [6, 6.07) is 32.6. The van der Waals surface area contributed by atoms with Crippen LogP contribution in [0.1, 0.15) is 40.4 Å². The maximum Gasteiger partial charge on any atom is 0.339 e. The smallest absolute Gasteiger partial charge is 0.339 e. The molecule has 1 aliphatic carbocycles. The van der Waals surface area contributed by atoms with Gasteiger partial charge in [-0.25, -0.2) is 4.79 Å². The summed E-state index contributed by atoms with van der Waals surface area (Å²) in [5.41, 5.74) is 4.72. The van der Waals surface area contributed by atoms with Crippen LogP contribution in [0.4, 0.5) is 0 Å². The Bertz CT molecular complexity index is 1570. The van der Waals surface area contributed by atoms with Crippen LogP contribution in [-0.2, 0) is 11.2 Å². The van der Waals surface area contributed by atoms with Gasteiger partial charge in [-0.15, -0.1) is 0 Å². The number of carbonyl (C=O) groups excluding carboxylic acids is 1. The average Bonchev–Trinajstić information content (AvgIpc) is 2.92. The molecule has 0 amide bonds. The second kappa shape index (κ2) is 8.92. The number of esters is 1. The molecule has 35 heavy (non-hydrogen) atoms. The van der Waals surface area contributed by atoms with Gasteiger partial charge >= 0.3 is 5.97 Å². The second-order valence-electron chi connectivity index (χ2n) is 9.06. The van der Waals surface area contributed by atoms with Gasteiger partial charge in [-0.05, 0) is 64.1 Å². The van der Waals surface area contributed by atoms with E-state index in [1.807, 2.05) is 48.5 Å². The number of fused-ring (bicyclic) bond motifs is 3. The quantitative estimate of drug-likeness (QED) is 0.257. The lowest BCUT2D eigenvalue weighted by Gasteiger charge is -2.26. The van der Waals surface area contributed by atoms with Crippen LogP contribution in [0, 0.1) is 0 Å². The van der Waals surface area contributed by atoms with Crippen LogP contribution < -0.4 is 4.74 Å². The van der Waals surface area contributed by atoms with E-state index in [-0.39, 0.29) is 12.1 Å². The highest BCUT2D eigenvalue weighted by atomic mass is 16.5. The lowest BCUT2D eigenvalue weighted by atomic mass is 9.88. The van der Waals surface area contributed by atoms with Crippen LogP contribution in [0.25, 0.3) is 32.7 Å². The normalized spacial score (nSPS) is 15.1. The van der Waals surface area contributed by atoms with Crippen molar-refractivity contribution in [1.29, 1.82) is 0 Å². The van der Waals surface area contributed by atoms with Crippen LogP contribution in [0.3, 0.4) is 0 Å². The molecular formula is C32H26O3. The van der Waals surface area contributed by atoms with Crippen molar-refractivity contribution in [2.75, 3.05) is 7.11 Å². The van der Waals surface area contributed by atoms with Gasteiger partial charge in [-0.2, -0.15) is 0 Å². The van der Waals surface area contributed by atoms with Gasteiger partial charge in [0, 0.05) is 11.1 Å². The van der Waals surface area contributed by atoms with Crippen molar-refractivity contribution in [3.8, 4) is 16.9 Å². The molecule has 3 nitrogen and oxygen atoms in total. The Balaban J connectivity index is 1.55. The van der Waals surface area contributed by atoms with Gasteiger partial charge in [0.15, 0.2) is 0 Å². The molecule has 0 heterocycles. The molecule has 0 fully saturated rings. The summed E-state index contributed by atoms with van der Waals surface area (Å²) in [4.78, 5) is 13.8. The van der Waals surface area contributed by atoms with Gasteiger partial charge in [0.05, 0.1) is 12.7 Å². The number of benzene rings is 5. The summed E-state index contributed by atoms with van der Waals surface area (Å²) >= 11 is 0. The van der Waals surface area contributed by atoms with Crippen molar-refractivity contribution in [2.24, 2.45) is 0 Å². The summed E-state index contributed by atoms with van der Waals surface area (Å²) < 4.78 is 12.1. The van der Waals surface area contributed by atoms with Crippen molar-refractivity contribution in [1.82, 2.24) is 0 Å². The Hall–Kier alpha value is -4.11. The van der Waals surface area contributed by atoms with Crippen molar-refractivity contribution in [2.45, 2.75) is 25.4 Å². The summed E-state index contributed by atoms with van der Waals surface area (Å²) in [6.07, 6.45) is 2.64. The number of carbonyl (C=O) groups is 1. The zero-order valence-electron chi connectivity index (χ0n) is 19.7. The molecule has 0 saturated carbocycles. The van der Waals surface area contributed by atoms with Crippen molar-refractivity contribution >= 4 is 27.5 Å². The number of methoxy groups -OCH3 is 1. The number of ether oxygens (including phenoxy) is 2. The van der Waals surface area contributed by atoms with E-state index in [1.54, 1.807) is 7.11 Å². The summed E-state index contributed by atoms with van der Waals surface area (Å²) in [5.74, 6) is 0.430. The number of rotatable bonds is 4. The SMILES string of the molecule is COc1ccc2ccccc2c1-c1c(C(=O)O[C@H]2CCCc3ccccc32)ccc2ccccc12. The predicted octanol–water partition coefficient (Wildman–Crippen LogP) is 7.90. The third kappa shape index (κ3) is 3.74. The minimum absolute atomic E-state index is 0.235. The maximum absolute atomic E-state index is 13.8. The van der Waals surface area contributed by atoms with E-state index in [1.165, 1.54) is 5.56 Å². The van der Waals surface area contributed by atoms with Crippen molar-refractivity contribution in [3.05, 3.63) is 114 Å². The molecule has 6 rings (SSSR count). The van der Waals surface area contributed by atoms with Crippen LogP contribution >= 0.6 is 0 Å². The highest BCUT2D eigenvalue weighted by molar-refractivity contribution is 6.14. The van der Waals surface area contributed by atoms with E-state index in [0.717, 1.165) is 63.2 Å². The van der Waals surface area contributed by atoms with E-state index in [9.17, 15) is 4.79 Å². The van der Waals surface area contributed by atoms with E-state index < -0.39 is 0 Å². The van der Waals surface area contributed by atoms with Gasteiger partial charge in [0.2, 0.25) is 0 Å². The zero-order chi connectivity index (χ0) is 23.8. The minimum Gasteiger partial charge on any atom is -0.496 e. The van der Waals surface area contributed by atoms with Crippen molar-refractivity contribution in [3.63, 3.8) is 0 Å². The first-order valence-electron chi connectivity index (χ1n) is 12.1. The van der Waals surface area contributed by atoms with Gasteiger partial charge in [-0.1, -0.05) is 84.9 Å². The number of hydrogen-bond acceptors (Lipinski definition) is 3.